The SMILES string of the molecule is Cc1ccc(C)c(NC(=O)C(=O)Nc2ccc(Br)cc2C)c1. The second kappa shape index (κ2) is 6.75. The number of hydrogen-bond acceptors (Lipinski definition) is 2. The van der Waals surface area contributed by atoms with Crippen LogP contribution in [0.15, 0.2) is 40.9 Å². The molecule has 114 valence electrons. The van der Waals surface area contributed by atoms with E-state index in [0.29, 0.717) is 11.4 Å². The highest BCUT2D eigenvalue weighted by Gasteiger charge is 2.16. The van der Waals surface area contributed by atoms with Crippen molar-refractivity contribution in [2.24, 2.45) is 0 Å². The summed E-state index contributed by atoms with van der Waals surface area (Å²) in [5.74, 6) is -1.37. The highest BCUT2D eigenvalue weighted by molar-refractivity contribution is 9.10. The van der Waals surface area contributed by atoms with Crippen LogP contribution in [-0.4, -0.2) is 11.8 Å². The fourth-order valence-corrected chi connectivity index (χ4v) is 2.47. The Kier molecular flexibility index (Phi) is 4.98. The second-order valence-electron chi connectivity index (χ2n) is 5.19. The van der Waals surface area contributed by atoms with E-state index in [1.807, 2.05) is 51.1 Å². The molecule has 0 fully saturated rings. The van der Waals surface area contributed by atoms with Crippen molar-refractivity contribution in [3.63, 3.8) is 0 Å². The summed E-state index contributed by atoms with van der Waals surface area (Å²) in [7, 11) is 0. The van der Waals surface area contributed by atoms with Gasteiger partial charge in [0.2, 0.25) is 0 Å². The van der Waals surface area contributed by atoms with Crippen LogP contribution in [0.2, 0.25) is 0 Å². The number of benzene rings is 2. The number of carbonyl (C=O) groups is 2. The smallest absolute Gasteiger partial charge is 0.314 e. The van der Waals surface area contributed by atoms with E-state index in [-0.39, 0.29) is 0 Å². The van der Waals surface area contributed by atoms with E-state index in [0.717, 1.165) is 21.2 Å². The van der Waals surface area contributed by atoms with Gasteiger partial charge in [0.1, 0.15) is 0 Å². The Hall–Kier alpha value is -2.14. The van der Waals surface area contributed by atoms with Crippen LogP contribution in [0.4, 0.5) is 11.4 Å². The molecular weight excluding hydrogens is 344 g/mol. The molecule has 0 aliphatic carbocycles. The lowest BCUT2D eigenvalue weighted by Gasteiger charge is -2.11. The number of aryl methyl sites for hydroxylation is 3. The molecule has 0 aliphatic rings. The quantitative estimate of drug-likeness (QED) is 0.796. The maximum absolute atomic E-state index is 12.0. The average molecular weight is 361 g/mol. The Bertz CT molecular complexity index is 741. The van der Waals surface area contributed by atoms with Crippen molar-refractivity contribution in [3.05, 3.63) is 57.6 Å². The van der Waals surface area contributed by atoms with Gasteiger partial charge < -0.3 is 10.6 Å². The molecule has 0 heterocycles. The first-order chi connectivity index (χ1) is 10.4. The van der Waals surface area contributed by atoms with E-state index < -0.39 is 11.8 Å². The first-order valence-corrected chi connectivity index (χ1v) is 7.62. The maximum atomic E-state index is 12.0. The number of hydrogen-bond donors (Lipinski definition) is 2. The van der Waals surface area contributed by atoms with Crippen LogP contribution in [0, 0.1) is 20.8 Å². The van der Waals surface area contributed by atoms with Crippen LogP contribution >= 0.6 is 15.9 Å². The number of anilines is 2. The van der Waals surface area contributed by atoms with Crippen LogP contribution in [0.25, 0.3) is 0 Å². The lowest BCUT2D eigenvalue weighted by atomic mass is 10.1. The van der Waals surface area contributed by atoms with Crippen LogP contribution in [-0.2, 0) is 9.59 Å². The molecular formula is C17H17BrN2O2. The molecule has 0 saturated heterocycles. The summed E-state index contributed by atoms with van der Waals surface area (Å²) in [6.45, 7) is 5.68. The molecule has 22 heavy (non-hydrogen) atoms. The minimum atomic E-state index is -0.689. The molecule has 0 aliphatic heterocycles. The third-order valence-corrected chi connectivity index (χ3v) is 3.78. The number of nitrogens with one attached hydrogen (secondary N) is 2. The predicted molar refractivity (Wildman–Crippen MR) is 92.1 cm³/mol. The van der Waals surface area contributed by atoms with Crippen molar-refractivity contribution in [2.75, 3.05) is 10.6 Å². The molecule has 2 aromatic carbocycles. The fourth-order valence-electron chi connectivity index (χ4n) is 2.00. The molecule has 0 unspecified atom stereocenters. The van der Waals surface area contributed by atoms with E-state index in [1.165, 1.54) is 0 Å². The number of rotatable bonds is 2. The van der Waals surface area contributed by atoms with Gasteiger partial charge in [-0.05, 0) is 61.7 Å². The summed E-state index contributed by atoms with van der Waals surface area (Å²) in [6.07, 6.45) is 0. The first-order valence-electron chi connectivity index (χ1n) is 6.82. The van der Waals surface area contributed by atoms with Gasteiger partial charge in [0, 0.05) is 15.8 Å². The molecule has 4 nitrogen and oxygen atoms in total. The van der Waals surface area contributed by atoms with E-state index in [2.05, 4.69) is 26.6 Å². The zero-order valence-electron chi connectivity index (χ0n) is 12.7. The molecule has 0 spiro atoms. The standard InChI is InChI=1S/C17H17BrN2O2/c1-10-4-5-11(2)15(8-10)20-17(22)16(21)19-14-7-6-13(18)9-12(14)3/h4-9H,1-3H3,(H,19,21)(H,20,22). The van der Waals surface area contributed by atoms with Crippen molar-refractivity contribution >= 4 is 39.1 Å². The molecule has 0 radical (unpaired) electrons. The largest absolute Gasteiger partial charge is 0.318 e. The fraction of sp³-hybridized carbons (Fsp3) is 0.176. The topological polar surface area (TPSA) is 58.2 Å². The Morgan fingerprint density at radius 3 is 2.09 bits per heavy atom. The molecule has 0 bridgehead atoms. The Morgan fingerprint density at radius 1 is 0.818 bits per heavy atom. The van der Waals surface area contributed by atoms with Gasteiger partial charge in [-0.2, -0.15) is 0 Å². The Balaban J connectivity index is 2.09. The Labute approximate surface area is 138 Å². The summed E-state index contributed by atoms with van der Waals surface area (Å²) < 4.78 is 0.919. The molecule has 0 atom stereocenters. The molecule has 2 rings (SSSR count). The van der Waals surface area contributed by atoms with Crippen LogP contribution in [0.5, 0.6) is 0 Å². The van der Waals surface area contributed by atoms with Crippen molar-refractivity contribution in [2.45, 2.75) is 20.8 Å². The molecule has 2 N–H and O–H groups in total. The minimum Gasteiger partial charge on any atom is -0.318 e. The third kappa shape index (κ3) is 3.95. The van der Waals surface area contributed by atoms with Crippen molar-refractivity contribution in [1.29, 1.82) is 0 Å². The van der Waals surface area contributed by atoms with Gasteiger partial charge in [0.05, 0.1) is 0 Å². The van der Waals surface area contributed by atoms with E-state index in [4.69, 9.17) is 0 Å². The summed E-state index contributed by atoms with van der Waals surface area (Å²) in [5.41, 5.74) is 4.07. The average Bonchev–Trinajstić information content (AvgIpc) is 2.45. The predicted octanol–water partition coefficient (Wildman–Crippen LogP) is 3.95. The number of amides is 2. The molecule has 0 aromatic heterocycles. The summed E-state index contributed by atoms with van der Waals surface area (Å²) >= 11 is 3.36. The normalized spacial score (nSPS) is 10.2. The van der Waals surface area contributed by atoms with E-state index in [9.17, 15) is 9.59 Å². The van der Waals surface area contributed by atoms with Gasteiger partial charge in [-0.3, -0.25) is 9.59 Å². The second-order valence-corrected chi connectivity index (χ2v) is 6.10. The zero-order chi connectivity index (χ0) is 16.3. The Morgan fingerprint density at radius 2 is 1.45 bits per heavy atom. The molecule has 2 aromatic rings. The van der Waals surface area contributed by atoms with Crippen LogP contribution in [0.1, 0.15) is 16.7 Å². The van der Waals surface area contributed by atoms with Gasteiger partial charge in [-0.1, -0.05) is 28.1 Å². The van der Waals surface area contributed by atoms with E-state index >= 15 is 0 Å². The number of carbonyl (C=O) groups excluding carboxylic acids is 2. The van der Waals surface area contributed by atoms with Gasteiger partial charge >= 0.3 is 11.8 Å². The summed E-state index contributed by atoms with van der Waals surface area (Å²) in [5, 5.41) is 5.26. The van der Waals surface area contributed by atoms with Gasteiger partial charge in [0.25, 0.3) is 0 Å². The molecule has 5 heteroatoms. The monoisotopic (exact) mass is 360 g/mol. The van der Waals surface area contributed by atoms with Crippen LogP contribution in [0.3, 0.4) is 0 Å². The van der Waals surface area contributed by atoms with Crippen molar-refractivity contribution < 1.29 is 9.59 Å². The van der Waals surface area contributed by atoms with Crippen molar-refractivity contribution in [1.82, 2.24) is 0 Å². The molecule has 2 amide bonds. The lowest BCUT2D eigenvalue weighted by molar-refractivity contribution is -0.133. The minimum absolute atomic E-state index is 0.615. The van der Waals surface area contributed by atoms with Gasteiger partial charge in [0.15, 0.2) is 0 Å². The molecule has 0 saturated carbocycles. The lowest BCUT2D eigenvalue weighted by Crippen LogP contribution is -2.29. The van der Waals surface area contributed by atoms with Crippen LogP contribution < -0.4 is 10.6 Å². The highest BCUT2D eigenvalue weighted by Crippen LogP contribution is 2.20. The maximum Gasteiger partial charge on any atom is 0.314 e. The zero-order valence-corrected chi connectivity index (χ0v) is 14.2. The highest BCUT2D eigenvalue weighted by atomic mass is 79.9. The summed E-state index contributed by atoms with van der Waals surface area (Å²) in [6, 6.07) is 11.1. The number of halogens is 1. The van der Waals surface area contributed by atoms with Gasteiger partial charge in [-0.15, -0.1) is 0 Å². The van der Waals surface area contributed by atoms with Gasteiger partial charge in [-0.25, -0.2) is 0 Å². The summed E-state index contributed by atoms with van der Waals surface area (Å²) in [4.78, 5) is 24.0. The van der Waals surface area contributed by atoms with E-state index in [1.54, 1.807) is 6.07 Å². The first kappa shape index (κ1) is 16.2. The third-order valence-electron chi connectivity index (χ3n) is 3.28. The van der Waals surface area contributed by atoms with Crippen molar-refractivity contribution in [3.8, 4) is 0 Å².